The lowest BCUT2D eigenvalue weighted by Crippen LogP contribution is -2.36. The summed E-state index contributed by atoms with van der Waals surface area (Å²) in [5, 5.41) is 1.14. The van der Waals surface area contributed by atoms with Crippen LogP contribution in [0.1, 0.15) is 24.4 Å². The number of rotatable bonds is 3. The lowest BCUT2D eigenvalue weighted by atomic mass is 9.98. The first kappa shape index (κ1) is 11.6. The van der Waals surface area contributed by atoms with Gasteiger partial charge >= 0.3 is 0 Å². The SMILES string of the molecule is NNC(c1ccc2cccnc2c1)C1CCCO1. The van der Waals surface area contributed by atoms with Gasteiger partial charge in [-0.25, -0.2) is 0 Å². The molecule has 1 fully saturated rings. The van der Waals surface area contributed by atoms with Crippen LogP contribution in [0.4, 0.5) is 0 Å². The van der Waals surface area contributed by atoms with E-state index in [1.54, 1.807) is 0 Å². The molecular formula is C14H17N3O. The molecule has 2 atom stereocenters. The van der Waals surface area contributed by atoms with Crippen LogP contribution >= 0.6 is 0 Å². The molecule has 0 bridgehead atoms. The molecule has 18 heavy (non-hydrogen) atoms. The van der Waals surface area contributed by atoms with Gasteiger partial charge in [-0.3, -0.25) is 16.3 Å². The lowest BCUT2D eigenvalue weighted by Gasteiger charge is -2.22. The van der Waals surface area contributed by atoms with Gasteiger partial charge in [0.05, 0.1) is 17.7 Å². The molecule has 2 unspecified atom stereocenters. The molecule has 0 amide bonds. The zero-order valence-corrected chi connectivity index (χ0v) is 10.2. The summed E-state index contributed by atoms with van der Waals surface area (Å²) < 4.78 is 5.71. The van der Waals surface area contributed by atoms with Gasteiger partial charge in [-0.15, -0.1) is 0 Å². The average molecular weight is 243 g/mol. The van der Waals surface area contributed by atoms with Crippen molar-refractivity contribution in [1.82, 2.24) is 10.4 Å². The predicted molar refractivity (Wildman–Crippen MR) is 70.8 cm³/mol. The summed E-state index contributed by atoms with van der Waals surface area (Å²) in [5.74, 6) is 5.68. The maximum absolute atomic E-state index is 5.71. The number of hydrogen-bond acceptors (Lipinski definition) is 4. The number of nitrogens with one attached hydrogen (secondary N) is 1. The first-order valence-corrected chi connectivity index (χ1v) is 6.31. The second-order valence-corrected chi connectivity index (χ2v) is 4.65. The summed E-state index contributed by atoms with van der Waals surface area (Å²) in [7, 11) is 0. The Kier molecular flexibility index (Phi) is 3.23. The van der Waals surface area contributed by atoms with Gasteiger partial charge in [-0.05, 0) is 30.5 Å². The maximum Gasteiger partial charge on any atom is 0.0783 e. The number of nitrogens with two attached hydrogens (primary N) is 1. The molecule has 1 aromatic carbocycles. The largest absolute Gasteiger partial charge is 0.376 e. The minimum absolute atomic E-state index is 0.0407. The van der Waals surface area contributed by atoms with E-state index >= 15 is 0 Å². The minimum Gasteiger partial charge on any atom is -0.376 e. The fourth-order valence-corrected chi connectivity index (χ4v) is 2.56. The van der Waals surface area contributed by atoms with Crippen molar-refractivity contribution in [1.29, 1.82) is 0 Å². The number of hydrogen-bond donors (Lipinski definition) is 2. The van der Waals surface area contributed by atoms with E-state index in [4.69, 9.17) is 10.6 Å². The van der Waals surface area contributed by atoms with Gasteiger partial charge in [0.1, 0.15) is 0 Å². The van der Waals surface area contributed by atoms with Crippen molar-refractivity contribution in [3.05, 3.63) is 42.1 Å². The summed E-state index contributed by atoms with van der Waals surface area (Å²) in [6, 6.07) is 10.3. The zero-order chi connectivity index (χ0) is 12.4. The van der Waals surface area contributed by atoms with Gasteiger partial charge in [0.2, 0.25) is 0 Å². The first-order valence-electron chi connectivity index (χ1n) is 6.31. The van der Waals surface area contributed by atoms with Crippen LogP contribution in [0.2, 0.25) is 0 Å². The fourth-order valence-electron chi connectivity index (χ4n) is 2.56. The topological polar surface area (TPSA) is 60.2 Å². The molecule has 0 spiro atoms. The molecule has 1 aliphatic heterocycles. The molecule has 4 heteroatoms. The Hall–Kier alpha value is -1.49. The van der Waals surface area contributed by atoms with E-state index in [0.717, 1.165) is 35.9 Å². The third-order valence-electron chi connectivity index (χ3n) is 3.51. The lowest BCUT2D eigenvalue weighted by molar-refractivity contribution is 0.0784. The van der Waals surface area contributed by atoms with E-state index in [1.807, 2.05) is 12.3 Å². The quantitative estimate of drug-likeness (QED) is 0.638. The summed E-state index contributed by atoms with van der Waals surface area (Å²) in [5.41, 5.74) is 5.00. The summed E-state index contributed by atoms with van der Waals surface area (Å²) in [6.45, 7) is 0.828. The van der Waals surface area contributed by atoms with Gasteiger partial charge in [-0.1, -0.05) is 18.2 Å². The molecule has 2 heterocycles. The Bertz CT molecular complexity index is 537. The highest BCUT2D eigenvalue weighted by Crippen LogP contribution is 2.27. The third-order valence-corrected chi connectivity index (χ3v) is 3.51. The van der Waals surface area contributed by atoms with Crippen LogP contribution in [0.15, 0.2) is 36.5 Å². The summed E-state index contributed by atoms with van der Waals surface area (Å²) >= 11 is 0. The van der Waals surface area contributed by atoms with Crippen LogP contribution in [-0.2, 0) is 4.74 Å². The van der Waals surface area contributed by atoms with Crippen LogP contribution in [0.5, 0.6) is 0 Å². The number of benzene rings is 1. The Balaban J connectivity index is 1.96. The Labute approximate surface area is 106 Å². The zero-order valence-electron chi connectivity index (χ0n) is 10.2. The van der Waals surface area contributed by atoms with Gasteiger partial charge < -0.3 is 4.74 Å². The molecule has 94 valence electrons. The number of fused-ring (bicyclic) bond motifs is 1. The molecule has 2 aromatic rings. The summed E-state index contributed by atoms with van der Waals surface area (Å²) in [6.07, 6.45) is 4.13. The fraction of sp³-hybridized carbons (Fsp3) is 0.357. The van der Waals surface area contributed by atoms with E-state index in [2.05, 4.69) is 34.7 Å². The normalized spacial score (nSPS) is 21.3. The second kappa shape index (κ2) is 5.02. The average Bonchev–Trinajstić information content (AvgIpc) is 2.93. The number of pyridine rings is 1. The van der Waals surface area contributed by atoms with Crippen molar-refractivity contribution in [2.45, 2.75) is 25.0 Å². The number of nitrogens with zero attached hydrogens (tertiary/aromatic N) is 1. The van der Waals surface area contributed by atoms with Crippen LogP contribution in [0, 0.1) is 0 Å². The van der Waals surface area contributed by atoms with Gasteiger partial charge in [0.25, 0.3) is 0 Å². The van der Waals surface area contributed by atoms with E-state index in [0.29, 0.717) is 0 Å². The highest BCUT2D eigenvalue weighted by molar-refractivity contribution is 5.79. The standard InChI is InChI=1S/C14H17N3O/c15-17-14(13-4-2-8-18-13)11-6-5-10-3-1-7-16-12(10)9-11/h1,3,5-7,9,13-14,17H,2,4,8,15H2. The van der Waals surface area contributed by atoms with Crippen molar-refractivity contribution in [3.8, 4) is 0 Å². The van der Waals surface area contributed by atoms with E-state index in [1.165, 1.54) is 0 Å². The number of hydrazine groups is 1. The molecule has 1 saturated heterocycles. The monoisotopic (exact) mass is 243 g/mol. The third kappa shape index (κ3) is 2.10. The molecule has 3 N–H and O–H groups in total. The Morgan fingerprint density at radius 3 is 3.11 bits per heavy atom. The van der Waals surface area contributed by atoms with Crippen molar-refractivity contribution in [3.63, 3.8) is 0 Å². The molecule has 1 aliphatic rings. The summed E-state index contributed by atoms with van der Waals surface area (Å²) in [4.78, 5) is 4.38. The molecule has 4 nitrogen and oxygen atoms in total. The molecular weight excluding hydrogens is 226 g/mol. The Morgan fingerprint density at radius 1 is 1.39 bits per heavy atom. The van der Waals surface area contributed by atoms with E-state index in [-0.39, 0.29) is 12.1 Å². The van der Waals surface area contributed by atoms with E-state index in [9.17, 15) is 0 Å². The smallest absolute Gasteiger partial charge is 0.0783 e. The van der Waals surface area contributed by atoms with Crippen molar-refractivity contribution in [2.24, 2.45) is 5.84 Å². The van der Waals surface area contributed by atoms with Gasteiger partial charge in [0, 0.05) is 18.2 Å². The Morgan fingerprint density at radius 2 is 2.33 bits per heavy atom. The predicted octanol–water partition coefficient (Wildman–Crippen LogP) is 1.92. The van der Waals surface area contributed by atoms with E-state index < -0.39 is 0 Å². The molecule has 0 radical (unpaired) electrons. The van der Waals surface area contributed by atoms with Crippen LogP contribution < -0.4 is 11.3 Å². The first-order chi connectivity index (χ1) is 8.88. The highest BCUT2D eigenvalue weighted by atomic mass is 16.5. The van der Waals surface area contributed by atoms with Crippen LogP contribution in [-0.4, -0.2) is 17.7 Å². The van der Waals surface area contributed by atoms with Crippen molar-refractivity contribution >= 4 is 10.9 Å². The molecule has 3 rings (SSSR count). The van der Waals surface area contributed by atoms with Crippen LogP contribution in [0.25, 0.3) is 10.9 Å². The molecule has 0 saturated carbocycles. The number of aromatic nitrogens is 1. The minimum atomic E-state index is 0.0407. The van der Waals surface area contributed by atoms with Crippen molar-refractivity contribution in [2.75, 3.05) is 6.61 Å². The molecule has 1 aromatic heterocycles. The van der Waals surface area contributed by atoms with Crippen LogP contribution in [0.3, 0.4) is 0 Å². The maximum atomic E-state index is 5.71. The second-order valence-electron chi connectivity index (χ2n) is 4.65. The van der Waals surface area contributed by atoms with Gasteiger partial charge in [0.15, 0.2) is 0 Å². The van der Waals surface area contributed by atoms with Gasteiger partial charge in [-0.2, -0.15) is 0 Å². The molecule has 0 aliphatic carbocycles. The number of ether oxygens (including phenoxy) is 1. The van der Waals surface area contributed by atoms with Crippen molar-refractivity contribution < 1.29 is 4.74 Å². The highest BCUT2D eigenvalue weighted by Gasteiger charge is 2.26.